The molecule has 1 aromatic heterocycles. The van der Waals surface area contributed by atoms with Crippen LogP contribution in [0.25, 0.3) is 0 Å². The summed E-state index contributed by atoms with van der Waals surface area (Å²) in [5, 5.41) is 3.09. The van der Waals surface area contributed by atoms with E-state index in [-0.39, 0.29) is 5.91 Å². The third-order valence-corrected chi connectivity index (χ3v) is 4.95. The van der Waals surface area contributed by atoms with Crippen molar-refractivity contribution in [3.05, 3.63) is 53.7 Å². The first-order valence-electron chi connectivity index (χ1n) is 9.12. The van der Waals surface area contributed by atoms with Crippen molar-refractivity contribution < 1.29 is 9.53 Å². The number of ether oxygens (including phenoxy) is 1. The number of amides is 1. The van der Waals surface area contributed by atoms with Gasteiger partial charge in [-0.1, -0.05) is 50.1 Å². The zero-order chi connectivity index (χ0) is 17.7. The molecule has 3 rings (SSSR count). The van der Waals surface area contributed by atoms with Crippen molar-refractivity contribution in [1.82, 2.24) is 4.98 Å². The van der Waals surface area contributed by atoms with Gasteiger partial charge in [0.1, 0.15) is 0 Å². The molecule has 132 valence electrons. The molecule has 1 aromatic carbocycles. The normalized spacial score (nSPS) is 15.8. The number of rotatable bonds is 6. The minimum Gasteiger partial charge on any atom is -0.477 e. The number of aromatic nitrogens is 1. The lowest BCUT2D eigenvalue weighted by atomic mass is 9.78. The summed E-state index contributed by atoms with van der Waals surface area (Å²) in [7, 11) is 0. The molecule has 0 unspecified atom stereocenters. The molecule has 1 saturated carbocycles. The van der Waals surface area contributed by atoms with Crippen molar-refractivity contribution in [2.45, 2.75) is 51.4 Å². The van der Waals surface area contributed by atoms with E-state index in [4.69, 9.17) is 4.74 Å². The molecule has 1 aliphatic rings. The van der Waals surface area contributed by atoms with E-state index < -0.39 is 5.41 Å². The first-order valence-corrected chi connectivity index (χ1v) is 9.12. The van der Waals surface area contributed by atoms with Crippen LogP contribution in [-0.2, 0) is 10.2 Å². The Kier molecular flexibility index (Phi) is 5.37. The van der Waals surface area contributed by atoms with E-state index >= 15 is 0 Å². The quantitative estimate of drug-likeness (QED) is 0.835. The number of carbonyl (C=O) groups is 1. The highest BCUT2D eigenvalue weighted by Crippen LogP contribution is 2.42. The number of benzene rings is 1. The van der Waals surface area contributed by atoms with Gasteiger partial charge in [-0.15, -0.1) is 0 Å². The maximum atomic E-state index is 13.1. The minimum absolute atomic E-state index is 0.0691. The Labute approximate surface area is 149 Å². The Bertz CT molecular complexity index is 722. The summed E-state index contributed by atoms with van der Waals surface area (Å²) < 4.78 is 5.61. The molecule has 4 nitrogen and oxygen atoms in total. The highest BCUT2D eigenvalue weighted by atomic mass is 16.5. The molecule has 1 fully saturated rings. The second-order valence-corrected chi connectivity index (χ2v) is 6.80. The zero-order valence-electron chi connectivity index (χ0n) is 15.0. The van der Waals surface area contributed by atoms with Crippen LogP contribution in [0.4, 0.5) is 5.69 Å². The second-order valence-electron chi connectivity index (χ2n) is 6.80. The fourth-order valence-electron chi connectivity index (χ4n) is 3.61. The predicted molar refractivity (Wildman–Crippen MR) is 100.0 cm³/mol. The van der Waals surface area contributed by atoms with Crippen LogP contribution in [-0.4, -0.2) is 17.5 Å². The largest absolute Gasteiger partial charge is 0.477 e. The molecule has 0 aliphatic heterocycles. The van der Waals surface area contributed by atoms with Gasteiger partial charge < -0.3 is 10.1 Å². The predicted octanol–water partition coefficient (Wildman–Crippen LogP) is 4.63. The first-order chi connectivity index (χ1) is 12.2. The molecular weight excluding hydrogens is 312 g/mol. The van der Waals surface area contributed by atoms with Crippen LogP contribution in [0.5, 0.6) is 5.88 Å². The highest BCUT2D eigenvalue weighted by Gasteiger charge is 2.42. The third kappa shape index (κ3) is 3.68. The van der Waals surface area contributed by atoms with Gasteiger partial charge in [-0.25, -0.2) is 4.98 Å². The van der Waals surface area contributed by atoms with Gasteiger partial charge in [0.2, 0.25) is 11.8 Å². The SMILES string of the molecule is CCCOc1ncc(NC(=O)C2(c3ccccc3)CCCC2)cc1C. The summed E-state index contributed by atoms with van der Waals surface area (Å²) in [6.45, 7) is 4.67. The van der Waals surface area contributed by atoms with E-state index in [1.807, 2.05) is 31.2 Å². The van der Waals surface area contributed by atoms with E-state index in [0.29, 0.717) is 12.5 Å². The van der Waals surface area contributed by atoms with Crippen molar-refractivity contribution >= 4 is 11.6 Å². The Morgan fingerprint density at radius 2 is 1.96 bits per heavy atom. The molecule has 0 radical (unpaired) electrons. The maximum Gasteiger partial charge on any atom is 0.235 e. The lowest BCUT2D eigenvalue weighted by Crippen LogP contribution is -2.38. The molecule has 25 heavy (non-hydrogen) atoms. The average Bonchev–Trinajstić information content (AvgIpc) is 3.13. The van der Waals surface area contributed by atoms with Gasteiger partial charge in [-0.3, -0.25) is 4.79 Å². The molecule has 0 bridgehead atoms. The van der Waals surface area contributed by atoms with Crippen LogP contribution in [0.2, 0.25) is 0 Å². The van der Waals surface area contributed by atoms with E-state index in [1.54, 1.807) is 6.20 Å². The standard InChI is InChI=1S/C21H26N2O2/c1-3-13-25-19-16(2)14-18(15-22-19)23-20(24)21(11-7-8-12-21)17-9-5-4-6-10-17/h4-6,9-10,14-15H,3,7-8,11-13H2,1-2H3,(H,23,24). The monoisotopic (exact) mass is 338 g/mol. The number of nitrogens with one attached hydrogen (secondary N) is 1. The minimum atomic E-state index is -0.424. The van der Waals surface area contributed by atoms with Gasteiger partial charge in [0.25, 0.3) is 0 Å². The van der Waals surface area contributed by atoms with Gasteiger partial charge in [0, 0.05) is 5.56 Å². The molecule has 1 heterocycles. The van der Waals surface area contributed by atoms with Crippen molar-refractivity contribution in [3.8, 4) is 5.88 Å². The molecule has 0 spiro atoms. The summed E-state index contributed by atoms with van der Waals surface area (Å²) in [5.74, 6) is 0.707. The van der Waals surface area contributed by atoms with Crippen LogP contribution in [0.1, 0.15) is 50.2 Å². The Morgan fingerprint density at radius 1 is 1.24 bits per heavy atom. The van der Waals surface area contributed by atoms with Crippen molar-refractivity contribution in [2.24, 2.45) is 0 Å². The van der Waals surface area contributed by atoms with Gasteiger partial charge in [-0.2, -0.15) is 0 Å². The third-order valence-electron chi connectivity index (χ3n) is 4.95. The number of aryl methyl sites for hydroxylation is 1. The Hall–Kier alpha value is -2.36. The number of hydrogen-bond acceptors (Lipinski definition) is 3. The molecule has 4 heteroatoms. The lowest BCUT2D eigenvalue weighted by Gasteiger charge is -2.28. The summed E-state index contributed by atoms with van der Waals surface area (Å²) in [5.41, 5.74) is 2.35. The Balaban J connectivity index is 1.79. The van der Waals surface area contributed by atoms with Crippen LogP contribution in [0.3, 0.4) is 0 Å². The van der Waals surface area contributed by atoms with Crippen LogP contribution in [0, 0.1) is 6.92 Å². The molecule has 0 atom stereocenters. The summed E-state index contributed by atoms with van der Waals surface area (Å²) in [4.78, 5) is 17.5. The summed E-state index contributed by atoms with van der Waals surface area (Å²) in [6, 6.07) is 12.1. The number of anilines is 1. The number of carbonyl (C=O) groups excluding carboxylic acids is 1. The van der Waals surface area contributed by atoms with E-state index in [9.17, 15) is 4.79 Å². The van der Waals surface area contributed by atoms with Crippen molar-refractivity contribution in [2.75, 3.05) is 11.9 Å². The number of pyridine rings is 1. The molecule has 1 N–H and O–H groups in total. The fraction of sp³-hybridized carbons (Fsp3) is 0.429. The lowest BCUT2D eigenvalue weighted by molar-refractivity contribution is -0.121. The smallest absolute Gasteiger partial charge is 0.235 e. The van der Waals surface area contributed by atoms with Crippen LogP contribution in [0.15, 0.2) is 42.6 Å². The highest BCUT2D eigenvalue weighted by molar-refractivity contribution is 5.99. The fourth-order valence-corrected chi connectivity index (χ4v) is 3.61. The van der Waals surface area contributed by atoms with Crippen LogP contribution < -0.4 is 10.1 Å². The van der Waals surface area contributed by atoms with Crippen molar-refractivity contribution in [3.63, 3.8) is 0 Å². The molecule has 1 aliphatic carbocycles. The molecule has 1 amide bonds. The van der Waals surface area contributed by atoms with Gasteiger partial charge in [0.15, 0.2) is 0 Å². The van der Waals surface area contributed by atoms with Gasteiger partial charge in [0.05, 0.1) is 23.9 Å². The molecular formula is C21H26N2O2. The van der Waals surface area contributed by atoms with Gasteiger partial charge in [-0.05, 0) is 37.8 Å². The summed E-state index contributed by atoms with van der Waals surface area (Å²) >= 11 is 0. The average molecular weight is 338 g/mol. The Morgan fingerprint density at radius 3 is 2.60 bits per heavy atom. The topological polar surface area (TPSA) is 51.2 Å². The first kappa shape index (κ1) is 17.5. The summed E-state index contributed by atoms with van der Waals surface area (Å²) in [6.07, 6.45) is 6.59. The molecule has 2 aromatic rings. The number of hydrogen-bond donors (Lipinski definition) is 1. The van der Waals surface area contributed by atoms with Crippen LogP contribution >= 0.6 is 0 Å². The van der Waals surface area contributed by atoms with E-state index in [1.165, 1.54) is 0 Å². The second kappa shape index (κ2) is 7.68. The van der Waals surface area contributed by atoms with E-state index in [0.717, 1.165) is 48.9 Å². The zero-order valence-corrected chi connectivity index (χ0v) is 15.0. The maximum absolute atomic E-state index is 13.1. The van der Waals surface area contributed by atoms with Gasteiger partial charge >= 0.3 is 0 Å². The van der Waals surface area contributed by atoms with Crippen molar-refractivity contribution in [1.29, 1.82) is 0 Å². The number of nitrogens with zero attached hydrogens (tertiary/aromatic N) is 1. The molecule has 0 saturated heterocycles. The van der Waals surface area contributed by atoms with E-state index in [2.05, 4.69) is 29.4 Å².